The van der Waals surface area contributed by atoms with Gasteiger partial charge in [-0.25, -0.2) is 0 Å². The van der Waals surface area contributed by atoms with E-state index in [1.807, 2.05) is 18.2 Å². The summed E-state index contributed by atoms with van der Waals surface area (Å²) in [6, 6.07) is 9.62. The standard InChI is InChI=1S/C27H34N2O5/c1-18-5-3-6-22(19(18)2)29(16-20-8-9-23-25(15-20)34-17-33-23)26(30)21-10-12-28(13-11-21)27(31)24-7-4-14-32-24/h4,7-9,14-15,18-19,21-22H,3,5-6,10-13,16-17H2,1-2H3/t18-,19-,22-/m1/s1. The second-order valence-corrected chi connectivity index (χ2v) is 10.0. The first-order valence-electron chi connectivity index (χ1n) is 12.5. The van der Waals surface area contributed by atoms with Gasteiger partial charge in [0.25, 0.3) is 5.91 Å². The van der Waals surface area contributed by atoms with E-state index < -0.39 is 0 Å². The van der Waals surface area contributed by atoms with Crippen LogP contribution in [0.3, 0.4) is 0 Å². The fourth-order valence-electron chi connectivity index (χ4n) is 5.71. The van der Waals surface area contributed by atoms with Gasteiger partial charge in [0.2, 0.25) is 12.7 Å². The minimum Gasteiger partial charge on any atom is -0.459 e. The van der Waals surface area contributed by atoms with Crippen LogP contribution >= 0.6 is 0 Å². The highest BCUT2D eigenvalue weighted by Gasteiger charge is 2.38. The van der Waals surface area contributed by atoms with Gasteiger partial charge >= 0.3 is 0 Å². The van der Waals surface area contributed by atoms with E-state index in [4.69, 9.17) is 13.9 Å². The third kappa shape index (κ3) is 4.52. The molecule has 0 spiro atoms. The molecule has 2 aliphatic heterocycles. The molecule has 2 fully saturated rings. The van der Waals surface area contributed by atoms with Crippen LogP contribution < -0.4 is 9.47 Å². The van der Waals surface area contributed by atoms with Gasteiger partial charge in [0.15, 0.2) is 17.3 Å². The predicted molar refractivity (Wildman–Crippen MR) is 126 cm³/mol. The number of piperidine rings is 1. The summed E-state index contributed by atoms with van der Waals surface area (Å²) < 4.78 is 16.3. The Bertz CT molecular complexity index is 1010. The van der Waals surface area contributed by atoms with Crippen LogP contribution in [-0.2, 0) is 11.3 Å². The van der Waals surface area contributed by atoms with E-state index in [1.165, 1.54) is 12.7 Å². The lowest BCUT2D eigenvalue weighted by atomic mass is 9.76. The van der Waals surface area contributed by atoms with Crippen molar-refractivity contribution in [1.82, 2.24) is 9.80 Å². The van der Waals surface area contributed by atoms with E-state index in [9.17, 15) is 9.59 Å². The van der Waals surface area contributed by atoms with Crippen LogP contribution in [0.25, 0.3) is 0 Å². The molecule has 2 aromatic rings. The van der Waals surface area contributed by atoms with E-state index >= 15 is 0 Å². The van der Waals surface area contributed by atoms with Gasteiger partial charge < -0.3 is 23.7 Å². The maximum absolute atomic E-state index is 13.9. The number of hydrogen-bond donors (Lipinski definition) is 0. The molecule has 0 bridgehead atoms. The number of furan rings is 1. The van der Waals surface area contributed by atoms with E-state index in [1.54, 1.807) is 17.0 Å². The van der Waals surface area contributed by atoms with Crippen LogP contribution in [-0.4, -0.2) is 47.5 Å². The molecule has 0 N–H and O–H groups in total. The molecule has 7 heteroatoms. The molecule has 1 aliphatic carbocycles. The van der Waals surface area contributed by atoms with E-state index in [0.717, 1.165) is 29.9 Å². The third-order valence-electron chi connectivity index (χ3n) is 8.00. The molecule has 1 aromatic heterocycles. The number of ether oxygens (including phenoxy) is 2. The number of rotatable bonds is 5. The van der Waals surface area contributed by atoms with Crippen LogP contribution in [0, 0.1) is 17.8 Å². The number of nitrogens with zero attached hydrogens (tertiary/aromatic N) is 2. The quantitative estimate of drug-likeness (QED) is 0.638. The van der Waals surface area contributed by atoms with Crippen molar-refractivity contribution >= 4 is 11.8 Å². The van der Waals surface area contributed by atoms with E-state index in [-0.39, 0.29) is 30.6 Å². The maximum atomic E-state index is 13.9. The first kappa shape index (κ1) is 22.8. The van der Waals surface area contributed by atoms with Gasteiger partial charge in [0.05, 0.1) is 6.26 Å². The molecule has 5 rings (SSSR count). The number of carbonyl (C=O) groups is 2. The van der Waals surface area contributed by atoms with Crippen molar-refractivity contribution in [2.75, 3.05) is 19.9 Å². The monoisotopic (exact) mass is 466 g/mol. The summed E-state index contributed by atoms with van der Waals surface area (Å²) in [6.07, 6.45) is 6.29. The smallest absolute Gasteiger partial charge is 0.289 e. The van der Waals surface area contributed by atoms with Crippen molar-refractivity contribution in [3.8, 4) is 11.5 Å². The number of likely N-dealkylation sites (tertiary alicyclic amines) is 1. The maximum Gasteiger partial charge on any atom is 0.289 e. The molecule has 34 heavy (non-hydrogen) atoms. The van der Waals surface area contributed by atoms with E-state index in [0.29, 0.717) is 50.1 Å². The summed E-state index contributed by atoms with van der Waals surface area (Å²) in [5.41, 5.74) is 1.06. The molecule has 7 nitrogen and oxygen atoms in total. The normalized spacial score (nSPS) is 24.8. The Balaban J connectivity index is 1.31. The molecular weight excluding hydrogens is 432 g/mol. The first-order valence-corrected chi connectivity index (χ1v) is 12.5. The van der Waals surface area contributed by atoms with Gasteiger partial charge in [-0.1, -0.05) is 32.8 Å². The Morgan fingerprint density at radius 2 is 1.82 bits per heavy atom. The Morgan fingerprint density at radius 1 is 1.03 bits per heavy atom. The Hall–Kier alpha value is -2.96. The second kappa shape index (κ2) is 9.72. The molecule has 1 saturated carbocycles. The van der Waals surface area contributed by atoms with Gasteiger partial charge in [-0.3, -0.25) is 9.59 Å². The summed E-state index contributed by atoms with van der Waals surface area (Å²) in [6.45, 7) is 6.56. The van der Waals surface area contributed by atoms with Crippen LogP contribution in [0.5, 0.6) is 11.5 Å². The average Bonchev–Trinajstić information content (AvgIpc) is 3.56. The molecule has 3 heterocycles. The van der Waals surface area contributed by atoms with Gasteiger partial charge in [-0.05, 0) is 60.9 Å². The molecule has 1 aromatic carbocycles. The number of hydrogen-bond acceptors (Lipinski definition) is 5. The topological polar surface area (TPSA) is 72.2 Å². The lowest BCUT2D eigenvalue weighted by Gasteiger charge is -2.44. The summed E-state index contributed by atoms with van der Waals surface area (Å²) in [5, 5.41) is 0. The van der Waals surface area contributed by atoms with Crippen molar-refractivity contribution in [3.63, 3.8) is 0 Å². The van der Waals surface area contributed by atoms with E-state index in [2.05, 4.69) is 18.7 Å². The zero-order valence-corrected chi connectivity index (χ0v) is 20.1. The molecule has 0 unspecified atom stereocenters. The molecular formula is C27H34N2O5. The minimum atomic E-state index is -0.0946. The number of carbonyl (C=O) groups excluding carboxylic acids is 2. The molecule has 3 aliphatic rings. The summed E-state index contributed by atoms with van der Waals surface area (Å²) in [7, 11) is 0. The zero-order valence-electron chi connectivity index (χ0n) is 20.1. The number of fused-ring (bicyclic) bond motifs is 1. The zero-order chi connectivity index (χ0) is 23.7. The minimum absolute atomic E-state index is 0.0703. The molecule has 3 atom stereocenters. The highest BCUT2D eigenvalue weighted by atomic mass is 16.7. The molecule has 2 amide bonds. The van der Waals surface area contributed by atoms with Gasteiger partial charge in [0, 0.05) is 31.6 Å². The Labute approximate surface area is 201 Å². The SMILES string of the molecule is C[C@@H]1[C@H](C)CCC[C@H]1N(Cc1ccc2c(c1)OCO2)C(=O)C1CCN(C(=O)c2ccco2)CC1. The Kier molecular flexibility index (Phi) is 6.53. The summed E-state index contributed by atoms with van der Waals surface area (Å²) in [4.78, 5) is 30.5. The number of benzene rings is 1. The highest BCUT2D eigenvalue weighted by Crippen LogP contribution is 2.37. The third-order valence-corrected chi connectivity index (χ3v) is 8.00. The van der Waals surface area contributed by atoms with Crippen molar-refractivity contribution in [2.24, 2.45) is 17.8 Å². The summed E-state index contributed by atoms with van der Waals surface area (Å²) >= 11 is 0. The van der Waals surface area contributed by atoms with Gasteiger partial charge in [0.1, 0.15) is 0 Å². The van der Waals surface area contributed by atoms with Crippen molar-refractivity contribution in [2.45, 2.75) is 58.5 Å². The van der Waals surface area contributed by atoms with Crippen LogP contribution in [0.4, 0.5) is 0 Å². The van der Waals surface area contributed by atoms with Gasteiger partial charge in [-0.2, -0.15) is 0 Å². The second-order valence-electron chi connectivity index (χ2n) is 10.0. The van der Waals surface area contributed by atoms with Crippen molar-refractivity contribution in [1.29, 1.82) is 0 Å². The molecule has 182 valence electrons. The van der Waals surface area contributed by atoms with Crippen LogP contribution in [0.15, 0.2) is 41.0 Å². The lowest BCUT2D eigenvalue weighted by molar-refractivity contribution is -0.142. The largest absolute Gasteiger partial charge is 0.459 e. The lowest BCUT2D eigenvalue weighted by Crippen LogP contribution is -2.51. The fourth-order valence-corrected chi connectivity index (χ4v) is 5.71. The van der Waals surface area contributed by atoms with Crippen molar-refractivity contribution in [3.05, 3.63) is 47.9 Å². The van der Waals surface area contributed by atoms with Gasteiger partial charge in [-0.15, -0.1) is 0 Å². The number of amides is 2. The fraction of sp³-hybridized carbons (Fsp3) is 0.556. The average molecular weight is 467 g/mol. The van der Waals surface area contributed by atoms with Crippen molar-refractivity contribution < 1.29 is 23.5 Å². The van der Waals surface area contributed by atoms with Crippen LogP contribution in [0.1, 0.15) is 62.1 Å². The Morgan fingerprint density at radius 3 is 2.59 bits per heavy atom. The highest BCUT2D eigenvalue weighted by molar-refractivity contribution is 5.91. The molecule has 1 saturated heterocycles. The first-order chi connectivity index (χ1) is 16.5. The molecule has 0 radical (unpaired) electrons. The summed E-state index contributed by atoms with van der Waals surface area (Å²) in [5.74, 6) is 2.97. The van der Waals surface area contributed by atoms with Crippen LogP contribution in [0.2, 0.25) is 0 Å². The predicted octanol–water partition coefficient (Wildman–Crippen LogP) is 4.71.